The van der Waals surface area contributed by atoms with E-state index in [1.807, 2.05) is 0 Å². The number of benzene rings is 1. The first-order valence-electron chi connectivity index (χ1n) is 7.26. The number of carbonyl (C=O) groups is 1. The summed E-state index contributed by atoms with van der Waals surface area (Å²) in [5, 5.41) is 14.3. The van der Waals surface area contributed by atoms with Crippen LogP contribution in [-0.4, -0.2) is 10.8 Å². The molecular weight excluding hydrogens is 330 g/mol. The Kier molecular flexibility index (Phi) is 2.81. The van der Waals surface area contributed by atoms with E-state index >= 15 is 0 Å². The molecule has 2 aliphatic heterocycles. The number of rotatable bonds is 1. The number of hydrogen-bond acceptors (Lipinski definition) is 7. The fourth-order valence-corrected chi connectivity index (χ4v) is 3.44. The standard InChI is InChI=1S/C16H11N3O6/c1-7-6-10-11(14(20)24-7)16(12(19(22)23)13(17)25-10)8-4-2-3-5-9(8)18-15(16)21/h2-6H,17H2,1H3,(H,18,21)/t16-/m1/s1. The molecule has 9 heteroatoms. The van der Waals surface area contributed by atoms with Crippen LogP contribution in [0.4, 0.5) is 5.69 Å². The van der Waals surface area contributed by atoms with E-state index in [0.29, 0.717) is 5.69 Å². The van der Waals surface area contributed by atoms with Crippen LogP contribution >= 0.6 is 0 Å². The van der Waals surface area contributed by atoms with Crippen molar-refractivity contribution in [3.05, 3.63) is 79.3 Å². The van der Waals surface area contributed by atoms with E-state index in [9.17, 15) is 19.7 Å². The van der Waals surface area contributed by atoms with Gasteiger partial charge < -0.3 is 20.2 Å². The fourth-order valence-electron chi connectivity index (χ4n) is 3.44. The molecule has 2 aliphatic rings. The third-order valence-electron chi connectivity index (χ3n) is 4.32. The molecule has 2 aromatic rings. The molecule has 25 heavy (non-hydrogen) atoms. The number of carbonyl (C=O) groups excluding carboxylic acids is 1. The SMILES string of the molecule is Cc1cc2c(c(=O)o1)[C@@]1(C(=O)Nc3ccccc31)C([N+](=O)[O-])=C(N)O2. The maximum absolute atomic E-state index is 12.9. The van der Waals surface area contributed by atoms with Crippen LogP contribution in [0.25, 0.3) is 0 Å². The van der Waals surface area contributed by atoms with Gasteiger partial charge in [-0.05, 0) is 13.0 Å². The Labute approximate surface area is 139 Å². The number of ether oxygens (including phenoxy) is 1. The minimum absolute atomic E-state index is 0.0382. The first kappa shape index (κ1) is 14.9. The van der Waals surface area contributed by atoms with Crippen LogP contribution in [0.5, 0.6) is 5.75 Å². The molecule has 3 N–H and O–H groups in total. The van der Waals surface area contributed by atoms with Gasteiger partial charge in [-0.25, -0.2) is 4.79 Å². The topological polar surface area (TPSA) is 138 Å². The normalized spacial score (nSPS) is 20.8. The van der Waals surface area contributed by atoms with Crippen molar-refractivity contribution in [1.82, 2.24) is 0 Å². The molecule has 1 aromatic carbocycles. The highest BCUT2D eigenvalue weighted by molar-refractivity contribution is 6.11. The van der Waals surface area contributed by atoms with Crippen LogP contribution < -0.4 is 21.4 Å². The van der Waals surface area contributed by atoms with Crippen LogP contribution in [0.15, 0.2) is 51.1 Å². The fraction of sp³-hybridized carbons (Fsp3) is 0.125. The molecular formula is C16H11N3O6. The molecule has 4 rings (SSSR count). The van der Waals surface area contributed by atoms with Crippen LogP contribution in [0.2, 0.25) is 0 Å². The van der Waals surface area contributed by atoms with Crippen LogP contribution in [-0.2, 0) is 10.2 Å². The summed E-state index contributed by atoms with van der Waals surface area (Å²) < 4.78 is 10.4. The van der Waals surface area contributed by atoms with Crippen LogP contribution in [0.3, 0.4) is 0 Å². The maximum Gasteiger partial charge on any atom is 0.344 e. The van der Waals surface area contributed by atoms with Gasteiger partial charge in [0.25, 0.3) is 11.8 Å². The van der Waals surface area contributed by atoms with Gasteiger partial charge in [-0.3, -0.25) is 14.9 Å². The minimum Gasteiger partial charge on any atom is -0.435 e. The lowest BCUT2D eigenvalue weighted by Gasteiger charge is -2.29. The molecule has 0 radical (unpaired) electrons. The summed E-state index contributed by atoms with van der Waals surface area (Å²) in [5.74, 6) is -1.12. The molecule has 0 saturated carbocycles. The van der Waals surface area contributed by atoms with Gasteiger partial charge in [-0.2, -0.15) is 0 Å². The van der Waals surface area contributed by atoms with Crippen molar-refractivity contribution in [2.45, 2.75) is 12.3 Å². The summed E-state index contributed by atoms with van der Waals surface area (Å²) in [5.41, 5.74) is 2.47. The van der Waals surface area contributed by atoms with Gasteiger partial charge in [-0.1, -0.05) is 18.2 Å². The van der Waals surface area contributed by atoms with Crippen molar-refractivity contribution in [2.75, 3.05) is 5.32 Å². The molecule has 1 spiro atoms. The molecule has 1 aromatic heterocycles. The first-order chi connectivity index (χ1) is 11.9. The smallest absolute Gasteiger partial charge is 0.344 e. The quantitative estimate of drug-likeness (QED) is 0.582. The zero-order valence-electron chi connectivity index (χ0n) is 12.9. The number of fused-ring (bicyclic) bond motifs is 4. The van der Waals surface area contributed by atoms with Crippen molar-refractivity contribution < 1.29 is 18.9 Å². The summed E-state index contributed by atoms with van der Waals surface area (Å²) in [6, 6.07) is 7.75. The third-order valence-corrected chi connectivity index (χ3v) is 4.32. The summed E-state index contributed by atoms with van der Waals surface area (Å²) in [6.45, 7) is 1.52. The summed E-state index contributed by atoms with van der Waals surface area (Å²) in [4.78, 5) is 36.4. The Balaban J connectivity index is 2.22. The van der Waals surface area contributed by atoms with Gasteiger partial charge in [0.15, 0.2) is 0 Å². The molecule has 0 saturated heterocycles. The van der Waals surface area contributed by atoms with Gasteiger partial charge in [0, 0.05) is 17.3 Å². The van der Waals surface area contributed by atoms with E-state index in [4.69, 9.17) is 14.9 Å². The second-order valence-corrected chi connectivity index (χ2v) is 5.71. The maximum atomic E-state index is 12.9. The molecule has 126 valence electrons. The van der Waals surface area contributed by atoms with E-state index < -0.39 is 33.5 Å². The predicted octanol–water partition coefficient (Wildman–Crippen LogP) is 0.983. The summed E-state index contributed by atoms with van der Waals surface area (Å²) in [6.07, 6.45) is 0. The minimum atomic E-state index is -2.04. The number of nitrogens with one attached hydrogen (secondary N) is 1. The Bertz CT molecular complexity index is 1050. The summed E-state index contributed by atoms with van der Waals surface area (Å²) in [7, 11) is 0. The Morgan fingerprint density at radius 3 is 2.72 bits per heavy atom. The average molecular weight is 341 g/mol. The van der Waals surface area contributed by atoms with Crippen molar-refractivity contribution in [3.8, 4) is 5.75 Å². The Morgan fingerprint density at radius 2 is 2.00 bits per heavy atom. The van der Waals surface area contributed by atoms with E-state index in [-0.39, 0.29) is 22.6 Å². The molecule has 9 nitrogen and oxygen atoms in total. The Hall–Kier alpha value is -3.62. The monoisotopic (exact) mass is 341 g/mol. The zero-order chi connectivity index (χ0) is 17.9. The van der Waals surface area contributed by atoms with Gasteiger partial charge in [-0.15, -0.1) is 0 Å². The zero-order valence-corrected chi connectivity index (χ0v) is 12.9. The van der Waals surface area contributed by atoms with Gasteiger partial charge in [0.1, 0.15) is 17.1 Å². The number of amides is 1. The molecule has 1 amide bonds. The van der Waals surface area contributed by atoms with Crippen molar-refractivity contribution >= 4 is 11.6 Å². The molecule has 0 aliphatic carbocycles. The highest BCUT2D eigenvalue weighted by Crippen LogP contribution is 2.52. The molecule has 0 unspecified atom stereocenters. The van der Waals surface area contributed by atoms with Gasteiger partial charge in [0.05, 0.1) is 4.92 Å². The van der Waals surface area contributed by atoms with Gasteiger partial charge >= 0.3 is 11.3 Å². The number of aryl methyl sites for hydroxylation is 1. The lowest BCUT2D eigenvalue weighted by molar-refractivity contribution is -0.436. The second kappa shape index (κ2) is 4.69. The number of para-hydroxylation sites is 1. The highest BCUT2D eigenvalue weighted by atomic mass is 16.6. The van der Waals surface area contributed by atoms with Crippen molar-refractivity contribution in [1.29, 1.82) is 0 Å². The number of nitrogens with two attached hydrogens (primary N) is 1. The summed E-state index contributed by atoms with van der Waals surface area (Å²) >= 11 is 0. The van der Waals surface area contributed by atoms with E-state index in [1.54, 1.807) is 18.2 Å². The number of anilines is 1. The highest BCUT2D eigenvalue weighted by Gasteiger charge is 2.64. The first-order valence-corrected chi connectivity index (χ1v) is 7.26. The van der Waals surface area contributed by atoms with E-state index in [2.05, 4.69) is 5.32 Å². The lowest BCUT2D eigenvalue weighted by Crippen LogP contribution is -2.48. The van der Waals surface area contributed by atoms with Crippen LogP contribution in [0, 0.1) is 17.0 Å². The van der Waals surface area contributed by atoms with Gasteiger partial charge in [0.2, 0.25) is 5.41 Å². The molecule has 0 fully saturated rings. The second-order valence-electron chi connectivity index (χ2n) is 5.71. The third kappa shape index (κ3) is 1.71. The number of nitrogens with zero attached hydrogens (tertiary/aromatic N) is 1. The number of hydrogen-bond donors (Lipinski definition) is 2. The Morgan fingerprint density at radius 1 is 1.28 bits per heavy atom. The molecule has 0 bridgehead atoms. The molecule has 1 atom stereocenters. The van der Waals surface area contributed by atoms with E-state index in [1.165, 1.54) is 19.1 Å². The van der Waals surface area contributed by atoms with Crippen LogP contribution in [0.1, 0.15) is 16.9 Å². The van der Waals surface area contributed by atoms with Crippen molar-refractivity contribution in [2.24, 2.45) is 5.73 Å². The average Bonchev–Trinajstić information content (AvgIpc) is 2.79. The predicted molar refractivity (Wildman–Crippen MR) is 84.4 cm³/mol. The van der Waals surface area contributed by atoms with Crippen molar-refractivity contribution in [3.63, 3.8) is 0 Å². The number of nitro groups is 1. The van der Waals surface area contributed by atoms with E-state index in [0.717, 1.165) is 0 Å². The molecule has 3 heterocycles. The largest absolute Gasteiger partial charge is 0.435 e. The lowest BCUT2D eigenvalue weighted by atomic mass is 9.72.